The van der Waals surface area contributed by atoms with Crippen molar-refractivity contribution in [3.05, 3.63) is 54.2 Å². The second-order valence-corrected chi connectivity index (χ2v) is 5.49. The molecular weight excluding hydrogens is 300 g/mol. The smallest absolute Gasteiger partial charge is 0.142 e. The van der Waals surface area contributed by atoms with Crippen molar-refractivity contribution in [3.63, 3.8) is 0 Å². The molecule has 5 nitrogen and oxygen atoms in total. The van der Waals surface area contributed by atoms with Crippen LogP contribution in [-0.4, -0.2) is 17.1 Å². The highest BCUT2D eigenvalue weighted by atomic mass is 16.5. The molecule has 2 aromatic carbocycles. The van der Waals surface area contributed by atoms with Crippen LogP contribution in [0.5, 0.6) is 5.75 Å². The van der Waals surface area contributed by atoms with E-state index < -0.39 is 0 Å². The number of nitrogen functional groups attached to an aromatic ring is 1. The van der Waals surface area contributed by atoms with Crippen LogP contribution in [0, 0.1) is 11.3 Å². The van der Waals surface area contributed by atoms with Crippen LogP contribution in [0.1, 0.15) is 5.56 Å². The van der Waals surface area contributed by atoms with Crippen molar-refractivity contribution in [2.45, 2.75) is 0 Å². The third kappa shape index (κ3) is 1.97. The van der Waals surface area contributed by atoms with E-state index >= 15 is 0 Å². The molecule has 4 rings (SSSR count). The quantitative estimate of drug-likeness (QED) is 0.588. The van der Waals surface area contributed by atoms with Crippen LogP contribution in [0.15, 0.2) is 48.7 Å². The van der Waals surface area contributed by atoms with E-state index in [1.807, 2.05) is 48.7 Å². The summed E-state index contributed by atoms with van der Waals surface area (Å²) in [6.07, 6.45) is 1.90. The van der Waals surface area contributed by atoms with E-state index in [2.05, 4.69) is 16.0 Å². The number of benzene rings is 2. The molecule has 2 heterocycles. The van der Waals surface area contributed by atoms with Gasteiger partial charge in [0.2, 0.25) is 0 Å². The molecular formula is C19H14N4O. The number of nitrogens with one attached hydrogen (secondary N) is 1. The number of rotatable bonds is 2. The predicted molar refractivity (Wildman–Crippen MR) is 94.7 cm³/mol. The third-order valence-electron chi connectivity index (χ3n) is 4.19. The van der Waals surface area contributed by atoms with Gasteiger partial charge in [-0.3, -0.25) is 0 Å². The number of nitriles is 1. The van der Waals surface area contributed by atoms with Crippen molar-refractivity contribution in [3.8, 4) is 22.9 Å². The monoisotopic (exact) mass is 314 g/mol. The molecule has 0 saturated carbocycles. The fourth-order valence-corrected chi connectivity index (χ4v) is 3.06. The number of aromatic amines is 1. The highest BCUT2D eigenvalue weighted by Gasteiger charge is 2.18. The minimum Gasteiger partial charge on any atom is -0.497 e. The van der Waals surface area contributed by atoms with Crippen molar-refractivity contribution in [1.29, 1.82) is 5.26 Å². The highest BCUT2D eigenvalue weighted by Crippen LogP contribution is 2.38. The van der Waals surface area contributed by atoms with Gasteiger partial charge in [0.25, 0.3) is 0 Å². The standard InChI is InChI=1S/C19H14N4O/c1-24-11-6-7-17-13(8-11)18(14(9-20)19(21)23-17)15-10-22-16-5-3-2-4-12(15)16/h2-8,10,22H,1H3,(H2,21,23). The molecule has 0 radical (unpaired) electrons. The minimum atomic E-state index is 0.232. The van der Waals surface area contributed by atoms with Crippen molar-refractivity contribution < 1.29 is 4.74 Å². The summed E-state index contributed by atoms with van der Waals surface area (Å²) in [7, 11) is 1.61. The Hall–Kier alpha value is -3.52. The van der Waals surface area contributed by atoms with Crippen molar-refractivity contribution in [1.82, 2.24) is 9.97 Å². The van der Waals surface area contributed by atoms with E-state index in [9.17, 15) is 5.26 Å². The number of hydrogen-bond acceptors (Lipinski definition) is 4. The number of hydrogen-bond donors (Lipinski definition) is 2. The maximum absolute atomic E-state index is 9.64. The average Bonchev–Trinajstić information content (AvgIpc) is 3.04. The number of aromatic nitrogens is 2. The fraction of sp³-hybridized carbons (Fsp3) is 0.0526. The van der Waals surface area contributed by atoms with Crippen molar-refractivity contribution in [2.24, 2.45) is 0 Å². The number of ether oxygens (including phenoxy) is 1. The Labute approximate surface area is 138 Å². The summed E-state index contributed by atoms with van der Waals surface area (Å²) in [5, 5.41) is 11.5. The maximum atomic E-state index is 9.64. The van der Waals surface area contributed by atoms with E-state index in [4.69, 9.17) is 10.5 Å². The summed E-state index contributed by atoms with van der Waals surface area (Å²) in [4.78, 5) is 7.61. The SMILES string of the molecule is COc1ccc2nc(N)c(C#N)c(-c3c[nH]c4ccccc34)c2c1. The van der Waals surface area contributed by atoms with Crippen LogP contribution in [0.25, 0.3) is 32.9 Å². The summed E-state index contributed by atoms with van der Waals surface area (Å²) >= 11 is 0. The van der Waals surface area contributed by atoms with Gasteiger partial charge in [0.1, 0.15) is 23.2 Å². The number of anilines is 1. The minimum absolute atomic E-state index is 0.232. The van der Waals surface area contributed by atoms with E-state index in [1.165, 1.54) is 0 Å². The lowest BCUT2D eigenvalue weighted by atomic mass is 9.95. The average molecular weight is 314 g/mol. The molecule has 2 aromatic heterocycles. The molecule has 0 aliphatic carbocycles. The van der Waals surface area contributed by atoms with E-state index in [0.717, 1.165) is 32.9 Å². The van der Waals surface area contributed by atoms with Crippen LogP contribution < -0.4 is 10.5 Å². The third-order valence-corrected chi connectivity index (χ3v) is 4.19. The largest absolute Gasteiger partial charge is 0.497 e. The van der Waals surface area contributed by atoms with Gasteiger partial charge in [-0.05, 0) is 24.3 Å². The molecule has 3 N–H and O–H groups in total. The van der Waals surface area contributed by atoms with Crippen LogP contribution in [0.3, 0.4) is 0 Å². The van der Waals surface area contributed by atoms with Crippen LogP contribution >= 0.6 is 0 Å². The molecule has 0 aliphatic heterocycles. The molecule has 0 spiro atoms. The number of pyridine rings is 1. The van der Waals surface area contributed by atoms with Gasteiger partial charge in [-0.15, -0.1) is 0 Å². The van der Waals surface area contributed by atoms with Gasteiger partial charge >= 0.3 is 0 Å². The number of methoxy groups -OCH3 is 1. The lowest BCUT2D eigenvalue weighted by Gasteiger charge is -2.11. The summed E-state index contributed by atoms with van der Waals surface area (Å²) < 4.78 is 5.34. The second-order valence-electron chi connectivity index (χ2n) is 5.49. The lowest BCUT2D eigenvalue weighted by Crippen LogP contribution is -1.99. The van der Waals surface area contributed by atoms with Gasteiger partial charge < -0.3 is 15.5 Å². The van der Waals surface area contributed by atoms with Gasteiger partial charge in [0.15, 0.2) is 0 Å². The van der Waals surface area contributed by atoms with Gasteiger partial charge in [0, 0.05) is 33.6 Å². The Balaban J connectivity index is 2.18. The number of H-pyrrole nitrogens is 1. The first kappa shape index (κ1) is 14.1. The van der Waals surface area contributed by atoms with E-state index in [0.29, 0.717) is 11.3 Å². The first-order chi connectivity index (χ1) is 11.7. The second kappa shape index (κ2) is 5.28. The molecule has 0 amide bonds. The predicted octanol–water partition coefficient (Wildman–Crippen LogP) is 3.85. The van der Waals surface area contributed by atoms with Crippen molar-refractivity contribution in [2.75, 3.05) is 12.8 Å². The summed E-state index contributed by atoms with van der Waals surface area (Å²) in [6, 6.07) is 15.7. The van der Waals surface area contributed by atoms with Crippen LogP contribution in [0.4, 0.5) is 5.82 Å². The zero-order valence-electron chi connectivity index (χ0n) is 13.0. The Morgan fingerprint density at radius 3 is 2.79 bits per heavy atom. The van der Waals surface area contributed by atoms with Crippen LogP contribution in [0.2, 0.25) is 0 Å². The lowest BCUT2D eigenvalue weighted by molar-refractivity contribution is 0.415. The zero-order chi connectivity index (χ0) is 16.7. The number of nitrogens with two attached hydrogens (primary N) is 1. The zero-order valence-corrected chi connectivity index (χ0v) is 13.0. The van der Waals surface area contributed by atoms with Gasteiger partial charge in [-0.2, -0.15) is 5.26 Å². The topological polar surface area (TPSA) is 87.7 Å². The summed E-state index contributed by atoms with van der Waals surface area (Å²) in [6.45, 7) is 0. The molecule has 0 aliphatic rings. The molecule has 0 fully saturated rings. The fourth-order valence-electron chi connectivity index (χ4n) is 3.06. The van der Waals surface area contributed by atoms with E-state index in [1.54, 1.807) is 7.11 Å². The normalized spacial score (nSPS) is 10.8. The van der Waals surface area contributed by atoms with Crippen LogP contribution in [-0.2, 0) is 0 Å². The Morgan fingerprint density at radius 1 is 1.17 bits per heavy atom. The number of nitrogens with zero attached hydrogens (tertiary/aromatic N) is 2. The Kier molecular flexibility index (Phi) is 3.10. The Morgan fingerprint density at radius 2 is 2.00 bits per heavy atom. The van der Waals surface area contributed by atoms with Gasteiger partial charge in [0.05, 0.1) is 12.6 Å². The van der Waals surface area contributed by atoms with Gasteiger partial charge in [-0.1, -0.05) is 18.2 Å². The molecule has 0 saturated heterocycles. The number of fused-ring (bicyclic) bond motifs is 2. The first-order valence-corrected chi connectivity index (χ1v) is 7.46. The molecule has 4 aromatic rings. The highest BCUT2D eigenvalue weighted by molar-refractivity contribution is 6.07. The molecule has 0 bridgehead atoms. The first-order valence-electron chi connectivity index (χ1n) is 7.46. The Bertz CT molecular complexity index is 1120. The summed E-state index contributed by atoms with van der Waals surface area (Å²) in [5.74, 6) is 0.939. The molecule has 0 atom stereocenters. The molecule has 0 unspecified atom stereocenters. The van der Waals surface area contributed by atoms with Gasteiger partial charge in [-0.25, -0.2) is 4.98 Å². The maximum Gasteiger partial charge on any atom is 0.142 e. The molecule has 5 heteroatoms. The van der Waals surface area contributed by atoms with E-state index in [-0.39, 0.29) is 5.82 Å². The summed E-state index contributed by atoms with van der Waals surface area (Å²) in [5.41, 5.74) is 9.85. The molecule has 116 valence electrons. The van der Waals surface area contributed by atoms with Crippen molar-refractivity contribution >= 4 is 27.6 Å². The molecule has 24 heavy (non-hydrogen) atoms. The number of para-hydroxylation sites is 1.